The molecule has 42 heavy (non-hydrogen) atoms. The largest absolute Gasteiger partial charge is 0.497 e. The van der Waals surface area contributed by atoms with Crippen LogP contribution in [0.25, 0.3) is 16.9 Å². The highest BCUT2D eigenvalue weighted by Gasteiger charge is 2.38. The second kappa shape index (κ2) is 10.9. The van der Waals surface area contributed by atoms with Crippen LogP contribution in [0.3, 0.4) is 0 Å². The second-order valence-electron chi connectivity index (χ2n) is 10.1. The highest BCUT2D eigenvalue weighted by molar-refractivity contribution is 5.94. The van der Waals surface area contributed by atoms with E-state index in [2.05, 4.69) is 10.4 Å². The zero-order valence-corrected chi connectivity index (χ0v) is 23.1. The summed E-state index contributed by atoms with van der Waals surface area (Å²) in [4.78, 5) is 40.6. The summed E-state index contributed by atoms with van der Waals surface area (Å²) in [5, 5.41) is 7.29. The number of nitrogens with zero attached hydrogens (tertiary/aromatic N) is 4. The van der Waals surface area contributed by atoms with Gasteiger partial charge in [-0.2, -0.15) is 23.0 Å². The Bertz CT molecular complexity index is 1600. The summed E-state index contributed by atoms with van der Waals surface area (Å²) in [5.74, 6) is 0.579. The van der Waals surface area contributed by atoms with Crippen molar-refractivity contribution in [1.82, 2.24) is 15.1 Å². The van der Waals surface area contributed by atoms with Crippen LogP contribution < -0.4 is 35.9 Å². The SMILES string of the molecule is COc1cc(OC)cc(-c2nn(-c3cc(N4CC[C@@H](NC(C)=O)C4)ccc3C(F)(F)F)c(=O)c3c2CCN3C(N)=O)c1. The predicted molar refractivity (Wildman–Crippen MR) is 148 cm³/mol. The van der Waals surface area contributed by atoms with Crippen LogP contribution in [0.15, 0.2) is 41.2 Å². The average molecular weight is 587 g/mol. The van der Waals surface area contributed by atoms with Gasteiger partial charge in [-0.25, -0.2) is 4.79 Å². The van der Waals surface area contributed by atoms with E-state index in [0.717, 1.165) is 11.0 Å². The zero-order chi connectivity index (χ0) is 30.3. The number of amides is 3. The first-order valence-electron chi connectivity index (χ1n) is 13.1. The summed E-state index contributed by atoms with van der Waals surface area (Å²) >= 11 is 0. The predicted octanol–water partition coefficient (Wildman–Crippen LogP) is 3.09. The number of halogens is 3. The van der Waals surface area contributed by atoms with Gasteiger partial charge in [-0.15, -0.1) is 0 Å². The number of fused-ring (bicyclic) bond motifs is 1. The molecule has 222 valence electrons. The number of hydrogen-bond donors (Lipinski definition) is 2. The van der Waals surface area contributed by atoms with Gasteiger partial charge in [0.25, 0.3) is 5.56 Å². The van der Waals surface area contributed by atoms with E-state index in [-0.39, 0.29) is 36.3 Å². The van der Waals surface area contributed by atoms with Gasteiger partial charge < -0.3 is 25.4 Å². The molecule has 0 unspecified atom stereocenters. The van der Waals surface area contributed by atoms with E-state index < -0.39 is 29.0 Å². The number of nitrogens with one attached hydrogen (secondary N) is 1. The molecule has 3 N–H and O–H groups in total. The Kier molecular flexibility index (Phi) is 7.47. The molecule has 0 radical (unpaired) electrons. The van der Waals surface area contributed by atoms with E-state index in [0.29, 0.717) is 52.5 Å². The van der Waals surface area contributed by atoms with Gasteiger partial charge in [-0.05, 0) is 43.2 Å². The molecule has 2 aromatic carbocycles. The van der Waals surface area contributed by atoms with Gasteiger partial charge >= 0.3 is 12.2 Å². The summed E-state index contributed by atoms with van der Waals surface area (Å²) in [6, 6.07) is 7.23. The van der Waals surface area contributed by atoms with Crippen LogP contribution in [0.2, 0.25) is 0 Å². The molecule has 0 aliphatic carbocycles. The lowest BCUT2D eigenvalue weighted by atomic mass is 10.0. The first kappa shape index (κ1) is 28.8. The van der Waals surface area contributed by atoms with E-state index in [1.54, 1.807) is 18.2 Å². The van der Waals surface area contributed by atoms with Gasteiger partial charge in [0.1, 0.15) is 17.2 Å². The molecule has 3 amide bonds. The van der Waals surface area contributed by atoms with Crippen molar-refractivity contribution >= 4 is 23.3 Å². The number of hydrogen-bond acceptors (Lipinski definition) is 7. The number of benzene rings is 2. The molecule has 1 aromatic heterocycles. The minimum atomic E-state index is -4.83. The molecule has 11 nitrogen and oxygen atoms in total. The molecule has 1 saturated heterocycles. The maximum absolute atomic E-state index is 14.4. The number of carbonyl (C=O) groups is 2. The standard InChI is InChI=1S/C28H29F3N6O5/c1-15(38)33-17-6-8-35(14-17)18-4-5-22(28(29,30)31)23(12-18)37-26(39)25-21(7-9-36(25)27(32)40)24(34-37)16-10-19(41-2)13-20(11-16)42-3/h4-5,10-13,17H,6-9,14H2,1-3H3,(H2,32,40)(H,33,38)/t17-/m1/s1. The third kappa shape index (κ3) is 5.31. The average Bonchev–Trinajstić information content (AvgIpc) is 3.60. The number of rotatable bonds is 6. The summed E-state index contributed by atoms with van der Waals surface area (Å²) in [6.45, 7) is 2.31. The van der Waals surface area contributed by atoms with Crippen LogP contribution in [-0.4, -0.2) is 61.6 Å². The quantitative estimate of drug-likeness (QED) is 0.454. The Morgan fingerprint density at radius 3 is 2.36 bits per heavy atom. The molecule has 5 rings (SSSR count). The van der Waals surface area contributed by atoms with Gasteiger partial charge in [-0.1, -0.05) is 0 Å². The number of ether oxygens (including phenoxy) is 2. The lowest BCUT2D eigenvalue weighted by Gasteiger charge is -2.23. The topological polar surface area (TPSA) is 132 Å². The Hall–Kier alpha value is -4.75. The first-order valence-corrected chi connectivity index (χ1v) is 13.1. The molecule has 3 aromatic rings. The first-order chi connectivity index (χ1) is 19.9. The number of alkyl halides is 3. The van der Waals surface area contributed by atoms with Crippen molar-refractivity contribution in [2.45, 2.75) is 32.0 Å². The summed E-state index contributed by atoms with van der Waals surface area (Å²) < 4.78 is 54.5. The minimum Gasteiger partial charge on any atom is -0.497 e. The molecule has 0 spiro atoms. The van der Waals surface area contributed by atoms with Crippen molar-refractivity contribution in [3.8, 4) is 28.4 Å². The van der Waals surface area contributed by atoms with Crippen LogP contribution >= 0.6 is 0 Å². The normalized spacial score (nSPS) is 16.4. The molecule has 3 heterocycles. The van der Waals surface area contributed by atoms with Crippen LogP contribution in [0, 0.1) is 0 Å². The molecule has 2 aliphatic rings. The highest BCUT2D eigenvalue weighted by Crippen LogP contribution is 2.39. The molecule has 1 fully saturated rings. The zero-order valence-electron chi connectivity index (χ0n) is 23.1. The van der Waals surface area contributed by atoms with Crippen molar-refractivity contribution in [2.75, 3.05) is 43.7 Å². The van der Waals surface area contributed by atoms with Crippen molar-refractivity contribution < 1.29 is 32.2 Å². The van der Waals surface area contributed by atoms with Crippen LogP contribution in [0.4, 0.5) is 29.3 Å². The Morgan fingerprint density at radius 2 is 1.76 bits per heavy atom. The lowest BCUT2D eigenvalue weighted by Crippen LogP contribution is -2.39. The molecular formula is C28H29F3N6O5. The number of nitrogens with two attached hydrogens (primary N) is 1. The van der Waals surface area contributed by atoms with E-state index in [9.17, 15) is 27.6 Å². The summed E-state index contributed by atoms with van der Waals surface area (Å²) in [6.07, 6.45) is -4.02. The third-order valence-electron chi connectivity index (χ3n) is 7.39. The monoisotopic (exact) mass is 586 g/mol. The van der Waals surface area contributed by atoms with E-state index in [1.807, 2.05) is 4.90 Å². The third-order valence-corrected chi connectivity index (χ3v) is 7.39. The Balaban J connectivity index is 1.75. The number of anilines is 2. The smallest absolute Gasteiger partial charge is 0.418 e. The van der Waals surface area contributed by atoms with E-state index in [4.69, 9.17) is 15.2 Å². The van der Waals surface area contributed by atoms with Crippen molar-refractivity contribution in [2.24, 2.45) is 5.73 Å². The Labute approximate surface area is 238 Å². The van der Waals surface area contributed by atoms with Crippen molar-refractivity contribution in [3.63, 3.8) is 0 Å². The van der Waals surface area contributed by atoms with Gasteiger partial charge in [0.05, 0.1) is 31.2 Å². The van der Waals surface area contributed by atoms with Crippen molar-refractivity contribution in [1.29, 1.82) is 0 Å². The molecular weight excluding hydrogens is 557 g/mol. The van der Waals surface area contributed by atoms with Crippen molar-refractivity contribution in [3.05, 3.63) is 57.9 Å². The highest BCUT2D eigenvalue weighted by atomic mass is 19.4. The molecule has 0 bridgehead atoms. The number of primary amides is 1. The Morgan fingerprint density at radius 1 is 1.07 bits per heavy atom. The second-order valence-corrected chi connectivity index (χ2v) is 10.1. The van der Waals surface area contributed by atoms with Gasteiger partial charge in [0, 0.05) is 55.5 Å². The van der Waals surface area contributed by atoms with Gasteiger partial charge in [0.2, 0.25) is 5.91 Å². The minimum absolute atomic E-state index is 0.0597. The fraction of sp³-hybridized carbons (Fsp3) is 0.357. The maximum Gasteiger partial charge on any atom is 0.418 e. The lowest BCUT2D eigenvalue weighted by molar-refractivity contribution is -0.137. The molecule has 2 aliphatic heterocycles. The molecule has 14 heteroatoms. The van der Waals surface area contributed by atoms with E-state index >= 15 is 0 Å². The van der Waals surface area contributed by atoms with Crippen LogP contribution in [0.5, 0.6) is 11.5 Å². The fourth-order valence-corrected chi connectivity index (χ4v) is 5.49. The summed E-state index contributed by atoms with van der Waals surface area (Å²) in [5.41, 5.74) is 4.28. The van der Waals surface area contributed by atoms with E-state index in [1.165, 1.54) is 33.3 Å². The summed E-state index contributed by atoms with van der Waals surface area (Å²) in [7, 11) is 2.89. The van der Waals surface area contributed by atoms with Gasteiger partial charge in [-0.3, -0.25) is 14.5 Å². The number of aromatic nitrogens is 2. The molecule has 0 saturated carbocycles. The van der Waals surface area contributed by atoms with Crippen LogP contribution in [-0.2, 0) is 17.4 Å². The number of urea groups is 1. The number of methoxy groups -OCH3 is 2. The van der Waals surface area contributed by atoms with Gasteiger partial charge in [0.15, 0.2) is 0 Å². The fourth-order valence-electron chi connectivity index (χ4n) is 5.49. The maximum atomic E-state index is 14.4. The van der Waals surface area contributed by atoms with Crippen LogP contribution in [0.1, 0.15) is 24.5 Å². The molecule has 1 atom stereocenters. The number of carbonyl (C=O) groups excluding carboxylic acids is 2.